The summed E-state index contributed by atoms with van der Waals surface area (Å²) >= 11 is 3.16. The van der Waals surface area contributed by atoms with Crippen LogP contribution >= 0.6 is 15.9 Å². The summed E-state index contributed by atoms with van der Waals surface area (Å²) in [5, 5.41) is 0.401. The van der Waals surface area contributed by atoms with Crippen molar-refractivity contribution in [3.63, 3.8) is 0 Å². The Morgan fingerprint density at radius 2 is 2.00 bits per heavy atom. The highest BCUT2D eigenvalue weighted by atomic mass is 79.9. The maximum absolute atomic E-state index is 13.0. The highest BCUT2D eigenvalue weighted by molar-refractivity contribution is 9.08. The first kappa shape index (κ1) is 15.3. The number of hydrogen-bond donors (Lipinski definition) is 0. The van der Waals surface area contributed by atoms with E-state index in [1.807, 2.05) is 0 Å². The van der Waals surface area contributed by atoms with Crippen molar-refractivity contribution >= 4 is 21.6 Å². The number of rotatable bonds is 5. The molecule has 1 aromatic rings. The zero-order valence-corrected chi connectivity index (χ0v) is 11.8. The molecule has 0 saturated carbocycles. The lowest BCUT2D eigenvalue weighted by atomic mass is 10.1. The number of ether oxygens (including phenoxy) is 1. The van der Waals surface area contributed by atoms with E-state index in [0.29, 0.717) is 24.0 Å². The molecule has 18 heavy (non-hydrogen) atoms. The first-order valence-electron chi connectivity index (χ1n) is 5.36. The molecule has 0 spiro atoms. The molecule has 6 heteroatoms. The van der Waals surface area contributed by atoms with Gasteiger partial charge >= 0.3 is 6.18 Å². The van der Waals surface area contributed by atoms with Gasteiger partial charge in [-0.25, -0.2) is 0 Å². The number of methoxy groups -OCH3 is 1. The Labute approximate surface area is 113 Å². The third kappa shape index (κ3) is 3.88. The van der Waals surface area contributed by atoms with E-state index >= 15 is 0 Å². The van der Waals surface area contributed by atoms with Crippen molar-refractivity contribution in [1.29, 1.82) is 0 Å². The fourth-order valence-corrected chi connectivity index (χ4v) is 1.92. The maximum atomic E-state index is 13.0. The Kier molecular flexibility index (Phi) is 5.47. The van der Waals surface area contributed by atoms with Crippen molar-refractivity contribution < 1.29 is 17.9 Å². The third-order valence-electron chi connectivity index (χ3n) is 2.56. The summed E-state index contributed by atoms with van der Waals surface area (Å²) in [5.74, 6) is 0. The molecule has 102 valence electrons. The van der Waals surface area contributed by atoms with Crippen LogP contribution in [0.25, 0.3) is 0 Å². The molecule has 0 aliphatic rings. The fraction of sp³-hybridized carbons (Fsp3) is 0.500. The first-order valence-corrected chi connectivity index (χ1v) is 6.48. The number of hydrogen-bond acceptors (Lipinski definition) is 2. The molecular formula is C12H15BrF3NO. The van der Waals surface area contributed by atoms with Gasteiger partial charge in [-0.1, -0.05) is 22.0 Å². The van der Waals surface area contributed by atoms with E-state index in [1.54, 1.807) is 18.0 Å². The van der Waals surface area contributed by atoms with Crippen molar-refractivity contribution in [3.05, 3.63) is 29.3 Å². The zero-order valence-electron chi connectivity index (χ0n) is 10.2. The number of benzene rings is 1. The predicted molar refractivity (Wildman–Crippen MR) is 69.2 cm³/mol. The summed E-state index contributed by atoms with van der Waals surface area (Å²) < 4.78 is 43.8. The van der Waals surface area contributed by atoms with Gasteiger partial charge in [-0.05, 0) is 17.7 Å². The zero-order chi connectivity index (χ0) is 13.8. The Hall–Kier alpha value is -0.750. The first-order chi connectivity index (χ1) is 8.40. The standard InChI is InChI=1S/C12H15BrF3NO/c1-17(5-6-18-2)11-4-3-9(8-13)7-10(11)12(14,15)16/h3-4,7H,5-6,8H2,1-2H3. The van der Waals surface area contributed by atoms with Gasteiger partial charge in [-0.3, -0.25) is 0 Å². The highest BCUT2D eigenvalue weighted by Gasteiger charge is 2.34. The monoisotopic (exact) mass is 325 g/mol. The smallest absolute Gasteiger partial charge is 0.383 e. The Morgan fingerprint density at radius 3 is 2.50 bits per heavy atom. The molecule has 0 aromatic heterocycles. The summed E-state index contributed by atoms with van der Waals surface area (Å²) in [7, 11) is 3.14. The molecule has 0 N–H and O–H groups in total. The van der Waals surface area contributed by atoms with E-state index in [-0.39, 0.29) is 5.69 Å². The molecule has 0 aliphatic heterocycles. The van der Waals surface area contributed by atoms with Crippen LogP contribution in [0.2, 0.25) is 0 Å². The van der Waals surface area contributed by atoms with Crippen molar-refractivity contribution in [2.24, 2.45) is 0 Å². The van der Waals surface area contributed by atoms with Crippen LogP contribution in [0.1, 0.15) is 11.1 Å². The molecule has 0 unspecified atom stereocenters. The van der Waals surface area contributed by atoms with Crippen LogP contribution in [-0.2, 0) is 16.2 Å². The molecule has 0 amide bonds. The average molecular weight is 326 g/mol. The minimum Gasteiger partial charge on any atom is -0.383 e. The van der Waals surface area contributed by atoms with E-state index in [9.17, 15) is 13.2 Å². The second-order valence-electron chi connectivity index (χ2n) is 3.90. The topological polar surface area (TPSA) is 12.5 Å². The van der Waals surface area contributed by atoms with Crippen LogP contribution in [0.5, 0.6) is 0 Å². The van der Waals surface area contributed by atoms with E-state index < -0.39 is 11.7 Å². The summed E-state index contributed by atoms with van der Waals surface area (Å²) in [6.07, 6.45) is -4.35. The predicted octanol–water partition coefficient (Wildman–Crippen LogP) is 3.68. The quantitative estimate of drug-likeness (QED) is 0.766. The SMILES string of the molecule is COCCN(C)c1ccc(CBr)cc1C(F)(F)F. The molecule has 1 aromatic carbocycles. The van der Waals surface area contributed by atoms with E-state index in [0.717, 1.165) is 0 Å². The van der Waals surface area contributed by atoms with Crippen molar-refractivity contribution in [2.45, 2.75) is 11.5 Å². The minimum absolute atomic E-state index is 0.171. The largest absolute Gasteiger partial charge is 0.418 e. The van der Waals surface area contributed by atoms with E-state index in [2.05, 4.69) is 15.9 Å². The van der Waals surface area contributed by atoms with E-state index in [4.69, 9.17) is 4.74 Å². The summed E-state index contributed by atoms with van der Waals surface area (Å²) in [4.78, 5) is 1.55. The molecule has 0 aliphatic carbocycles. The van der Waals surface area contributed by atoms with Gasteiger partial charge in [0, 0.05) is 31.7 Å². The number of likely N-dealkylation sites (N-methyl/N-ethyl adjacent to an activating group) is 1. The van der Waals surface area contributed by atoms with Crippen LogP contribution in [0.3, 0.4) is 0 Å². The van der Waals surface area contributed by atoms with Crippen LogP contribution in [0.4, 0.5) is 18.9 Å². The van der Waals surface area contributed by atoms with Gasteiger partial charge in [-0.15, -0.1) is 0 Å². The van der Waals surface area contributed by atoms with Gasteiger partial charge in [0.15, 0.2) is 0 Å². The number of anilines is 1. The normalized spacial score (nSPS) is 11.7. The number of nitrogens with zero attached hydrogens (tertiary/aromatic N) is 1. The van der Waals surface area contributed by atoms with Crippen molar-refractivity contribution in [1.82, 2.24) is 0 Å². The van der Waals surface area contributed by atoms with Gasteiger partial charge in [0.1, 0.15) is 0 Å². The second-order valence-corrected chi connectivity index (χ2v) is 4.46. The highest BCUT2D eigenvalue weighted by Crippen LogP contribution is 2.37. The van der Waals surface area contributed by atoms with E-state index in [1.165, 1.54) is 19.2 Å². The number of alkyl halides is 4. The minimum atomic E-state index is -4.35. The lowest BCUT2D eigenvalue weighted by Crippen LogP contribution is -2.25. The van der Waals surface area contributed by atoms with Crippen LogP contribution in [0.15, 0.2) is 18.2 Å². The van der Waals surface area contributed by atoms with Gasteiger partial charge in [0.05, 0.1) is 12.2 Å². The molecule has 0 fully saturated rings. The van der Waals surface area contributed by atoms with Gasteiger partial charge in [-0.2, -0.15) is 13.2 Å². The molecule has 0 radical (unpaired) electrons. The second kappa shape index (κ2) is 6.43. The fourth-order valence-electron chi connectivity index (χ4n) is 1.57. The number of halogens is 4. The Bertz CT molecular complexity index is 395. The van der Waals surface area contributed by atoms with Gasteiger partial charge < -0.3 is 9.64 Å². The summed E-state index contributed by atoms with van der Waals surface area (Å²) in [6.45, 7) is 0.793. The molecule has 2 nitrogen and oxygen atoms in total. The summed E-state index contributed by atoms with van der Waals surface area (Å²) in [6, 6.07) is 4.35. The Balaban J connectivity index is 3.10. The van der Waals surface area contributed by atoms with Crippen molar-refractivity contribution in [3.8, 4) is 0 Å². The van der Waals surface area contributed by atoms with Gasteiger partial charge in [0.25, 0.3) is 0 Å². The van der Waals surface area contributed by atoms with Crippen LogP contribution < -0.4 is 4.90 Å². The van der Waals surface area contributed by atoms with Crippen molar-refractivity contribution in [2.75, 3.05) is 32.2 Å². The third-order valence-corrected chi connectivity index (χ3v) is 3.21. The lowest BCUT2D eigenvalue weighted by molar-refractivity contribution is -0.137. The molecule has 0 bridgehead atoms. The van der Waals surface area contributed by atoms with Gasteiger partial charge in [0.2, 0.25) is 0 Å². The molecule has 0 saturated heterocycles. The average Bonchev–Trinajstić information content (AvgIpc) is 2.34. The lowest BCUT2D eigenvalue weighted by Gasteiger charge is -2.23. The summed E-state index contributed by atoms with van der Waals surface area (Å²) in [5.41, 5.74) is 0.161. The van der Waals surface area contributed by atoms with Crippen LogP contribution in [-0.4, -0.2) is 27.3 Å². The molecule has 0 atom stereocenters. The Morgan fingerprint density at radius 1 is 1.33 bits per heavy atom. The van der Waals surface area contributed by atoms with Crippen LogP contribution in [0, 0.1) is 0 Å². The molecular weight excluding hydrogens is 311 g/mol. The molecule has 0 heterocycles. The molecule has 1 rings (SSSR count). The maximum Gasteiger partial charge on any atom is 0.418 e.